The molecule has 2 aliphatic rings. The highest BCUT2D eigenvalue weighted by Crippen LogP contribution is 2.21. The lowest BCUT2D eigenvalue weighted by Gasteiger charge is -2.39. The molecule has 0 aliphatic carbocycles. The molecule has 2 fully saturated rings. The lowest BCUT2D eigenvalue weighted by Crippen LogP contribution is -2.60. The molecule has 2 heterocycles. The molecule has 49 heavy (non-hydrogen) atoms. The van der Waals surface area contributed by atoms with Gasteiger partial charge in [-0.05, 0) is 6.92 Å². The number of hydrogen-bond acceptors (Lipinski definition) is 14. The van der Waals surface area contributed by atoms with Crippen LogP contribution >= 0.6 is 0 Å². The summed E-state index contributed by atoms with van der Waals surface area (Å²) < 4.78 is 20.5. The van der Waals surface area contributed by atoms with Gasteiger partial charge in [0.05, 0.1) is 26.2 Å². The number of nitrogens with zero attached hydrogens (tertiary/aromatic N) is 4. The summed E-state index contributed by atoms with van der Waals surface area (Å²) in [6.07, 6.45) is -2.76. The van der Waals surface area contributed by atoms with Gasteiger partial charge in [-0.25, -0.2) is 19.4 Å². The molecule has 4 amide bonds. The molecular weight excluding hydrogens is 644 g/mol. The van der Waals surface area contributed by atoms with Crippen molar-refractivity contribution in [1.82, 2.24) is 19.6 Å². The second-order valence-corrected chi connectivity index (χ2v) is 11.3. The number of amides is 4. The SMILES string of the molecule is CC(=O)OC(C(=O)OCN1C(=O)CN(C[C@@H](C)N2CC(=O)N(COC(=O)C(OC(C)=O)c3ccccc3)C(=O)C2)CC1=O)c1ccccc1. The molecule has 2 aliphatic heterocycles. The summed E-state index contributed by atoms with van der Waals surface area (Å²) in [5.74, 6) is -5.91. The summed E-state index contributed by atoms with van der Waals surface area (Å²) in [6.45, 7) is 1.96. The van der Waals surface area contributed by atoms with Gasteiger partial charge in [-0.3, -0.25) is 38.6 Å². The normalized spacial score (nSPS) is 17.6. The van der Waals surface area contributed by atoms with Crippen LogP contribution in [0.5, 0.6) is 0 Å². The first-order valence-corrected chi connectivity index (χ1v) is 15.2. The Balaban J connectivity index is 1.26. The molecule has 2 saturated heterocycles. The Labute approximate surface area is 281 Å². The molecule has 0 radical (unpaired) electrons. The molecule has 0 N–H and O–H groups in total. The molecule has 0 aromatic heterocycles. The lowest BCUT2D eigenvalue weighted by atomic mass is 10.1. The number of imide groups is 2. The molecule has 4 rings (SSSR count). The van der Waals surface area contributed by atoms with Crippen LogP contribution in [0.1, 0.15) is 44.1 Å². The van der Waals surface area contributed by atoms with E-state index in [1.165, 1.54) is 0 Å². The predicted molar refractivity (Wildman–Crippen MR) is 165 cm³/mol. The molecule has 2 unspecified atom stereocenters. The first-order chi connectivity index (χ1) is 23.3. The number of hydrogen-bond donors (Lipinski definition) is 0. The third-order valence-corrected chi connectivity index (χ3v) is 7.62. The Morgan fingerprint density at radius 3 is 1.35 bits per heavy atom. The maximum absolute atomic E-state index is 12.9. The van der Waals surface area contributed by atoms with Crippen LogP contribution in [0.3, 0.4) is 0 Å². The van der Waals surface area contributed by atoms with Gasteiger partial charge in [0.1, 0.15) is 0 Å². The third kappa shape index (κ3) is 9.77. The van der Waals surface area contributed by atoms with E-state index in [2.05, 4.69) is 0 Å². The largest absolute Gasteiger partial charge is 0.446 e. The van der Waals surface area contributed by atoms with E-state index in [9.17, 15) is 38.4 Å². The van der Waals surface area contributed by atoms with E-state index in [1.807, 2.05) is 0 Å². The van der Waals surface area contributed by atoms with Crippen LogP contribution in [-0.4, -0.2) is 119 Å². The number of piperazine rings is 2. The van der Waals surface area contributed by atoms with Crippen molar-refractivity contribution in [3.8, 4) is 0 Å². The van der Waals surface area contributed by atoms with Crippen LogP contribution in [0.15, 0.2) is 60.7 Å². The van der Waals surface area contributed by atoms with Gasteiger partial charge in [0, 0.05) is 37.6 Å². The van der Waals surface area contributed by atoms with Gasteiger partial charge in [-0.2, -0.15) is 0 Å². The minimum absolute atomic E-state index is 0.143. The molecular formula is C33H36N4O12. The highest BCUT2D eigenvalue weighted by atomic mass is 16.6. The molecule has 16 heteroatoms. The Kier molecular flexibility index (Phi) is 12.3. The van der Waals surface area contributed by atoms with E-state index in [0.29, 0.717) is 11.1 Å². The smallest absolute Gasteiger partial charge is 0.353 e. The van der Waals surface area contributed by atoms with Crippen molar-refractivity contribution in [1.29, 1.82) is 0 Å². The van der Waals surface area contributed by atoms with Crippen LogP contribution in [0.4, 0.5) is 0 Å². The van der Waals surface area contributed by atoms with E-state index in [0.717, 1.165) is 23.6 Å². The van der Waals surface area contributed by atoms with E-state index >= 15 is 0 Å². The fraction of sp³-hybridized carbons (Fsp3) is 0.394. The first-order valence-electron chi connectivity index (χ1n) is 15.2. The van der Waals surface area contributed by atoms with Crippen molar-refractivity contribution < 1.29 is 57.3 Å². The van der Waals surface area contributed by atoms with Crippen molar-refractivity contribution in [2.24, 2.45) is 0 Å². The first kappa shape index (κ1) is 36.4. The van der Waals surface area contributed by atoms with Crippen molar-refractivity contribution >= 4 is 47.5 Å². The van der Waals surface area contributed by atoms with Gasteiger partial charge >= 0.3 is 23.9 Å². The molecule has 16 nitrogen and oxygen atoms in total. The Bertz CT molecular complexity index is 1550. The van der Waals surface area contributed by atoms with Gasteiger partial charge < -0.3 is 18.9 Å². The van der Waals surface area contributed by atoms with Crippen LogP contribution in [0.2, 0.25) is 0 Å². The number of rotatable bonds is 13. The molecule has 2 aromatic carbocycles. The quantitative estimate of drug-likeness (QED) is 0.160. The van der Waals surface area contributed by atoms with E-state index in [4.69, 9.17) is 18.9 Å². The maximum Gasteiger partial charge on any atom is 0.353 e. The van der Waals surface area contributed by atoms with Crippen molar-refractivity contribution in [3.05, 3.63) is 71.8 Å². The summed E-state index contributed by atoms with van der Waals surface area (Å²) >= 11 is 0. The predicted octanol–water partition coefficient (Wildman–Crippen LogP) is 0.327. The minimum Gasteiger partial charge on any atom is -0.446 e. The zero-order valence-electron chi connectivity index (χ0n) is 27.1. The van der Waals surface area contributed by atoms with Crippen LogP contribution in [-0.2, 0) is 57.3 Å². The Morgan fingerprint density at radius 2 is 0.980 bits per heavy atom. The highest BCUT2D eigenvalue weighted by molar-refractivity contribution is 6.00. The number of ether oxygens (including phenoxy) is 4. The zero-order chi connectivity index (χ0) is 35.7. The average molecular weight is 681 g/mol. The Morgan fingerprint density at radius 1 is 0.612 bits per heavy atom. The highest BCUT2D eigenvalue weighted by Gasteiger charge is 2.38. The second kappa shape index (κ2) is 16.6. The van der Waals surface area contributed by atoms with Gasteiger partial charge in [-0.15, -0.1) is 0 Å². The number of carbonyl (C=O) groups is 8. The van der Waals surface area contributed by atoms with E-state index < -0.39 is 79.2 Å². The second-order valence-electron chi connectivity index (χ2n) is 11.3. The number of benzene rings is 2. The zero-order valence-corrected chi connectivity index (χ0v) is 27.1. The van der Waals surface area contributed by atoms with Gasteiger partial charge in [-0.1, -0.05) is 60.7 Å². The number of carbonyl (C=O) groups excluding carboxylic acids is 8. The summed E-state index contributed by atoms with van der Waals surface area (Å²) in [5.41, 5.74) is 0.711. The van der Waals surface area contributed by atoms with Gasteiger partial charge in [0.15, 0.2) is 13.5 Å². The van der Waals surface area contributed by atoms with Crippen molar-refractivity contribution in [2.45, 2.75) is 39.0 Å². The van der Waals surface area contributed by atoms with E-state index in [1.54, 1.807) is 77.4 Å². The lowest BCUT2D eigenvalue weighted by molar-refractivity contribution is -0.177. The molecule has 0 saturated carbocycles. The van der Waals surface area contributed by atoms with Crippen molar-refractivity contribution in [3.63, 3.8) is 0 Å². The van der Waals surface area contributed by atoms with E-state index in [-0.39, 0.29) is 32.7 Å². The third-order valence-electron chi connectivity index (χ3n) is 7.62. The van der Waals surface area contributed by atoms with Crippen molar-refractivity contribution in [2.75, 3.05) is 46.2 Å². The summed E-state index contributed by atoms with van der Waals surface area (Å²) in [5, 5.41) is 0. The van der Waals surface area contributed by atoms with Crippen LogP contribution < -0.4 is 0 Å². The standard InChI is InChI=1S/C33H36N4O12/c1-21(35-17-28(42)37(29(43)18-35)20-47-33(45)31(49-23(3)39)25-12-8-5-9-13-25)14-34-15-26(40)36(27(41)16-34)19-46-32(44)30(48-22(2)38)24-10-6-4-7-11-24/h4-13,21,30-31H,14-20H2,1-3H3/t21-,30?,31?/m1/s1. The fourth-order valence-corrected chi connectivity index (χ4v) is 5.18. The summed E-state index contributed by atoms with van der Waals surface area (Å²) in [6, 6.07) is 15.8. The molecule has 0 bridgehead atoms. The fourth-order valence-electron chi connectivity index (χ4n) is 5.18. The molecule has 3 atom stereocenters. The van der Waals surface area contributed by atoms with Gasteiger partial charge in [0.2, 0.25) is 35.8 Å². The summed E-state index contributed by atoms with van der Waals surface area (Å²) in [7, 11) is 0. The maximum atomic E-state index is 12.9. The molecule has 0 spiro atoms. The minimum atomic E-state index is -1.38. The molecule has 260 valence electrons. The van der Waals surface area contributed by atoms with Gasteiger partial charge in [0.25, 0.3) is 0 Å². The number of esters is 4. The van der Waals surface area contributed by atoms with Crippen LogP contribution in [0.25, 0.3) is 0 Å². The topological polar surface area (TPSA) is 186 Å². The van der Waals surface area contributed by atoms with Crippen LogP contribution in [0, 0.1) is 0 Å². The Hall–Kier alpha value is -5.48. The molecule has 2 aromatic rings. The average Bonchev–Trinajstić information content (AvgIpc) is 3.05. The monoisotopic (exact) mass is 680 g/mol. The summed E-state index contributed by atoms with van der Waals surface area (Å²) in [4.78, 5) is 105.